The summed E-state index contributed by atoms with van der Waals surface area (Å²) in [4.78, 5) is 10.9. The van der Waals surface area contributed by atoms with Crippen molar-refractivity contribution >= 4 is 23.3 Å². The van der Waals surface area contributed by atoms with Gasteiger partial charge in [0.1, 0.15) is 0 Å². The number of halogens is 1. The smallest absolute Gasteiger partial charge is 0.335 e. The van der Waals surface area contributed by atoms with E-state index in [1.54, 1.807) is 19.1 Å². The van der Waals surface area contributed by atoms with E-state index in [1.807, 2.05) is 30.3 Å². The maximum Gasteiger partial charge on any atom is 0.335 e. The maximum atomic E-state index is 10.9. The Kier molecular flexibility index (Phi) is 4.07. The normalized spacial score (nSPS) is 10.2. The summed E-state index contributed by atoms with van der Waals surface area (Å²) in [6.07, 6.45) is 0. The van der Waals surface area contributed by atoms with E-state index >= 15 is 0 Å². The first-order valence-electron chi connectivity index (χ1n) is 5.89. The van der Waals surface area contributed by atoms with Crippen LogP contribution in [0.2, 0.25) is 5.02 Å². The van der Waals surface area contributed by atoms with Crippen LogP contribution in [0.15, 0.2) is 42.5 Å². The third kappa shape index (κ3) is 3.26. The van der Waals surface area contributed by atoms with E-state index in [2.05, 4.69) is 5.32 Å². The van der Waals surface area contributed by atoms with Crippen LogP contribution < -0.4 is 5.32 Å². The first kappa shape index (κ1) is 13.4. The van der Waals surface area contributed by atoms with Crippen molar-refractivity contribution in [1.82, 2.24) is 0 Å². The number of carboxylic acids is 1. The molecule has 0 bridgehead atoms. The van der Waals surface area contributed by atoms with Gasteiger partial charge in [-0.15, -0.1) is 0 Å². The molecule has 0 saturated heterocycles. The van der Waals surface area contributed by atoms with Crippen molar-refractivity contribution in [3.8, 4) is 0 Å². The summed E-state index contributed by atoms with van der Waals surface area (Å²) < 4.78 is 0. The SMILES string of the molecule is Cc1cc(NCc2ccccc2Cl)ccc1C(=O)O. The summed E-state index contributed by atoms with van der Waals surface area (Å²) in [7, 11) is 0. The fraction of sp³-hybridized carbons (Fsp3) is 0.133. The molecule has 2 aromatic carbocycles. The highest BCUT2D eigenvalue weighted by Crippen LogP contribution is 2.19. The molecule has 3 nitrogen and oxygen atoms in total. The lowest BCUT2D eigenvalue weighted by atomic mass is 10.1. The van der Waals surface area contributed by atoms with E-state index < -0.39 is 5.97 Å². The van der Waals surface area contributed by atoms with E-state index in [-0.39, 0.29) is 0 Å². The van der Waals surface area contributed by atoms with Gasteiger partial charge in [-0.05, 0) is 42.3 Å². The predicted octanol–water partition coefficient (Wildman–Crippen LogP) is 3.96. The molecule has 4 heteroatoms. The van der Waals surface area contributed by atoms with Gasteiger partial charge in [0.15, 0.2) is 0 Å². The zero-order chi connectivity index (χ0) is 13.8. The maximum absolute atomic E-state index is 10.9. The number of hydrogen-bond donors (Lipinski definition) is 2. The Morgan fingerprint density at radius 2 is 2.00 bits per heavy atom. The average molecular weight is 276 g/mol. The Bertz CT molecular complexity index is 611. The number of aryl methyl sites for hydroxylation is 1. The van der Waals surface area contributed by atoms with Crippen molar-refractivity contribution in [2.24, 2.45) is 0 Å². The van der Waals surface area contributed by atoms with Crippen LogP contribution in [0.1, 0.15) is 21.5 Å². The van der Waals surface area contributed by atoms with Gasteiger partial charge in [-0.3, -0.25) is 0 Å². The summed E-state index contributed by atoms with van der Waals surface area (Å²) >= 11 is 6.07. The van der Waals surface area contributed by atoms with Gasteiger partial charge < -0.3 is 10.4 Å². The predicted molar refractivity (Wildman–Crippen MR) is 76.9 cm³/mol. The number of carbonyl (C=O) groups is 1. The Labute approximate surface area is 116 Å². The summed E-state index contributed by atoms with van der Waals surface area (Å²) in [6.45, 7) is 2.38. The minimum absolute atomic E-state index is 0.322. The van der Waals surface area contributed by atoms with Crippen LogP contribution in [0.4, 0.5) is 5.69 Å². The van der Waals surface area contributed by atoms with Crippen molar-refractivity contribution < 1.29 is 9.90 Å². The zero-order valence-electron chi connectivity index (χ0n) is 10.5. The molecular weight excluding hydrogens is 262 g/mol. The Balaban J connectivity index is 2.11. The van der Waals surface area contributed by atoms with Crippen LogP contribution in [-0.4, -0.2) is 11.1 Å². The van der Waals surface area contributed by atoms with Gasteiger partial charge in [0.2, 0.25) is 0 Å². The van der Waals surface area contributed by atoms with Crippen LogP contribution in [0.3, 0.4) is 0 Å². The first-order valence-corrected chi connectivity index (χ1v) is 6.27. The second-order valence-corrected chi connectivity index (χ2v) is 4.69. The lowest BCUT2D eigenvalue weighted by Crippen LogP contribution is -2.03. The third-order valence-electron chi connectivity index (χ3n) is 2.90. The average Bonchev–Trinajstić information content (AvgIpc) is 2.37. The number of aromatic carboxylic acids is 1. The number of anilines is 1. The van der Waals surface area contributed by atoms with Gasteiger partial charge in [0, 0.05) is 17.3 Å². The molecule has 19 heavy (non-hydrogen) atoms. The molecule has 2 aromatic rings. The summed E-state index contributed by atoms with van der Waals surface area (Å²) in [6, 6.07) is 12.8. The first-order chi connectivity index (χ1) is 9.08. The topological polar surface area (TPSA) is 49.3 Å². The van der Waals surface area contributed by atoms with E-state index in [4.69, 9.17) is 16.7 Å². The van der Waals surface area contributed by atoms with Gasteiger partial charge in [0.25, 0.3) is 0 Å². The molecule has 0 radical (unpaired) electrons. The largest absolute Gasteiger partial charge is 0.478 e. The van der Waals surface area contributed by atoms with E-state index in [1.165, 1.54) is 0 Å². The number of nitrogens with one attached hydrogen (secondary N) is 1. The van der Waals surface area contributed by atoms with E-state index in [0.717, 1.165) is 16.8 Å². The molecule has 0 aromatic heterocycles. The fourth-order valence-electron chi connectivity index (χ4n) is 1.85. The Morgan fingerprint density at radius 3 is 2.63 bits per heavy atom. The molecule has 0 atom stereocenters. The highest BCUT2D eigenvalue weighted by Gasteiger charge is 2.07. The Hall–Kier alpha value is -2.00. The summed E-state index contributed by atoms with van der Waals surface area (Å²) in [5, 5.41) is 12.9. The van der Waals surface area contributed by atoms with Gasteiger partial charge in [-0.2, -0.15) is 0 Å². The molecule has 0 amide bonds. The van der Waals surface area contributed by atoms with Crippen molar-refractivity contribution in [1.29, 1.82) is 0 Å². The van der Waals surface area contributed by atoms with E-state index in [9.17, 15) is 4.79 Å². The Morgan fingerprint density at radius 1 is 1.26 bits per heavy atom. The molecule has 2 rings (SSSR count). The van der Waals surface area contributed by atoms with Crippen LogP contribution in [-0.2, 0) is 6.54 Å². The van der Waals surface area contributed by atoms with E-state index in [0.29, 0.717) is 17.1 Å². The lowest BCUT2D eigenvalue weighted by Gasteiger charge is -2.10. The number of benzene rings is 2. The van der Waals surface area contributed by atoms with Crippen molar-refractivity contribution in [2.45, 2.75) is 13.5 Å². The molecule has 0 unspecified atom stereocenters. The second kappa shape index (κ2) is 5.76. The molecule has 98 valence electrons. The fourth-order valence-corrected chi connectivity index (χ4v) is 2.06. The molecule has 0 fully saturated rings. The van der Waals surface area contributed by atoms with Crippen LogP contribution in [0.25, 0.3) is 0 Å². The molecule has 0 spiro atoms. The van der Waals surface area contributed by atoms with Gasteiger partial charge >= 0.3 is 5.97 Å². The van der Waals surface area contributed by atoms with Gasteiger partial charge in [-0.1, -0.05) is 29.8 Å². The van der Waals surface area contributed by atoms with Crippen LogP contribution in [0.5, 0.6) is 0 Å². The second-order valence-electron chi connectivity index (χ2n) is 4.28. The highest BCUT2D eigenvalue weighted by molar-refractivity contribution is 6.31. The quantitative estimate of drug-likeness (QED) is 0.888. The lowest BCUT2D eigenvalue weighted by molar-refractivity contribution is 0.0696. The molecule has 0 aliphatic rings. The van der Waals surface area contributed by atoms with Crippen molar-refractivity contribution in [2.75, 3.05) is 5.32 Å². The summed E-state index contributed by atoms with van der Waals surface area (Å²) in [5.74, 6) is -0.907. The minimum Gasteiger partial charge on any atom is -0.478 e. The molecule has 0 saturated carbocycles. The molecular formula is C15H14ClNO2. The molecule has 0 aliphatic carbocycles. The van der Waals surface area contributed by atoms with Crippen LogP contribution >= 0.6 is 11.6 Å². The number of hydrogen-bond acceptors (Lipinski definition) is 2. The standard InChI is InChI=1S/C15H14ClNO2/c1-10-8-12(6-7-13(10)15(18)19)17-9-11-4-2-3-5-14(11)16/h2-8,17H,9H2,1H3,(H,18,19). The summed E-state index contributed by atoms with van der Waals surface area (Å²) in [5.41, 5.74) is 2.94. The highest BCUT2D eigenvalue weighted by atomic mass is 35.5. The van der Waals surface area contributed by atoms with Crippen LogP contribution in [0, 0.1) is 6.92 Å². The monoisotopic (exact) mass is 275 g/mol. The van der Waals surface area contributed by atoms with Crippen molar-refractivity contribution in [3.63, 3.8) is 0 Å². The molecule has 0 aliphatic heterocycles. The minimum atomic E-state index is -0.907. The molecule has 0 heterocycles. The van der Waals surface area contributed by atoms with Gasteiger partial charge in [-0.25, -0.2) is 4.79 Å². The number of rotatable bonds is 4. The third-order valence-corrected chi connectivity index (χ3v) is 3.27. The van der Waals surface area contributed by atoms with Gasteiger partial charge in [0.05, 0.1) is 5.56 Å². The molecule has 2 N–H and O–H groups in total. The number of carboxylic acid groups (broad SMARTS) is 1. The van der Waals surface area contributed by atoms with Crippen molar-refractivity contribution in [3.05, 3.63) is 64.2 Å². The zero-order valence-corrected chi connectivity index (χ0v) is 11.2.